The second-order valence-corrected chi connectivity index (χ2v) is 32.4. The van der Waals surface area contributed by atoms with Gasteiger partial charge in [0.05, 0.1) is 6.10 Å². The van der Waals surface area contributed by atoms with Gasteiger partial charge in [0.1, 0.15) is 11.0 Å². The molecule has 230 valence electrons. The molecular formula is C32H60O4SSi3. The predicted molar refractivity (Wildman–Crippen MR) is 181 cm³/mol. The zero-order valence-electron chi connectivity index (χ0n) is 28.4. The first-order chi connectivity index (χ1) is 17.9. The van der Waals surface area contributed by atoms with Crippen molar-refractivity contribution in [2.75, 3.05) is 13.2 Å². The highest BCUT2D eigenvalue weighted by atomic mass is 32.2. The zero-order valence-corrected chi connectivity index (χ0v) is 32.2. The predicted octanol–water partition coefficient (Wildman–Crippen LogP) is 9.79. The van der Waals surface area contributed by atoms with Crippen LogP contribution >= 0.6 is 11.8 Å². The Morgan fingerprint density at radius 3 is 1.65 bits per heavy atom. The summed E-state index contributed by atoms with van der Waals surface area (Å²) in [5.41, 5.74) is 0. The maximum absolute atomic E-state index is 13.3. The molecule has 0 spiro atoms. The molecule has 2 rings (SSSR count). The van der Waals surface area contributed by atoms with Crippen LogP contribution in [-0.4, -0.2) is 55.3 Å². The Morgan fingerprint density at radius 1 is 0.775 bits per heavy atom. The lowest BCUT2D eigenvalue weighted by Gasteiger charge is -2.44. The lowest BCUT2D eigenvalue weighted by molar-refractivity contribution is -0.111. The number of carbonyl (C=O) groups excluding carboxylic acids is 1. The summed E-state index contributed by atoms with van der Waals surface area (Å²) in [4.78, 5) is 14.4. The van der Waals surface area contributed by atoms with Gasteiger partial charge in [0.25, 0.3) is 0 Å². The number of rotatable bonds is 11. The van der Waals surface area contributed by atoms with Gasteiger partial charge >= 0.3 is 0 Å². The van der Waals surface area contributed by atoms with Crippen LogP contribution in [0.4, 0.5) is 0 Å². The molecule has 0 unspecified atom stereocenters. The molecule has 1 aromatic carbocycles. The summed E-state index contributed by atoms with van der Waals surface area (Å²) >= 11 is 1.68. The molecule has 0 amide bonds. The Balaban J connectivity index is 2.61. The molecule has 40 heavy (non-hydrogen) atoms. The lowest BCUT2D eigenvalue weighted by atomic mass is 9.96. The van der Waals surface area contributed by atoms with Gasteiger partial charge in [-0.15, -0.1) is 11.8 Å². The molecule has 0 aromatic heterocycles. The third-order valence-corrected chi connectivity index (χ3v) is 25.3. The van der Waals surface area contributed by atoms with E-state index in [1.54, 1.807) is 11.8 Å². The molecule has 0 radical (unpaired) electrons. The first-order valence-electron chi connectivity index (χ1n) is 15.1. The summed E-state index contributed by atoms with van der Waals surface area (Å²) in [7, 11) is -6.21. The fourth-order valence-electron chi connectivity index (χ4n) is 4.37. The summed E-state index contributed by atoms with van der Waals surface area (Å²) in [5, 5.41) is 0.255. The van der Waals surface area contributed by atoms with Crippen molar-refractivity contribution in [3.05, 3.63) is 30.3 Å². The fraction of sp³-hybridized carbons (Fsp3) is 0.781. The summed E-state index contributed by atoms with van der Waals surface area (Å²) in [6, 6.07) is 10.4. The number of thioether (sulfide) groups is 1. The Kier molecular flexibility index (Phi) is 11.2. The van der Waals surface area contributed by atoms with Crippen molar-refractivity contribution in [3.8, 4) is 0 Å². The second kappa shape index (κ2) is 12.4. The van der Waals surface area contributed by atoms with Gasteiger partial charge in [-0.05, 0) is 78.9 Å². The average molecular weight is 625 g/mol. The molecule has 0 N–H and O–H groups in total. The van der Waals surface area contributed by atoms with Crippen molar-refractivity contribution in [3.63, 3.8) is 0 Å². The normalized spacial score (nSPS) is 25.3. The maximum Gasteiger partial charge on any atom is 0.192 e. The van der Waals surface area contributed by atoms with Gasteiger partial charge in [-0.25, -0.2) is 0 Å². The maximum atomic E-state index is 13.3. The quantitative estimate of drug-likeness (QED) is 0.181. The molecule has 4 atom stereocenters. The highest BCUT2D eigenvalue weighted by Crippen LogP contribution is 2.54. The van der Waals surface area contributed by atoms with E-state index in [2.05, 4.69) is 126 Å². The van der Waals surface area contributed by atoms with Crippen LogP contribution in [0.25, 0.3) is 0 Å². The van der Waals surface area contributed by atoms with Crippen LogP contribution in [0.15, 0.2) is 35.2 Å². The Hall–Kier alpha value is -0.229. The van der Waals surface area contributed by atoms with Gasteiger partial charge in [-0.1, -0.05) is 80.5 Å². The van der Waals surface area contributed by atoms with Crippen molar-refractivity contribution in [2.24, 2.45) is 11.8 Å². The van der Waals surface area contributed by atoms with E-state index in [9.17, 15) is 4.79 Å². The standard InChI is InChI=1S/C32H60O4SSi3/c1-29(2,3)38(10,11)34-22-25-21-32(24-33,37-26-19-17-16-18-20-26)28(36-40(14,15)31(7,8)9)27(25)23-35-39(12,13)30(4,5)6/h16-20,24-25,27-28H,21-23H2,1-15H3/t25-,27-,28+,32-/m1/s1. The van der Waals surface area contributed by atoms with Crippen molar-refractivity contribution < 1.29 is 18.1 Å². The molecule has 0 aliphatic heterocycles. The summed E-state index contributed by atoms with van der Waals surface area (Å²) in [6.45, 7) is 35.7. The second-order valence-electron chi connectivity index (χ2n) is 16.6. The smallest absolute Gasteiger partial charge is 0.192 e. The van der Waals surface area contributed by atoms with Crippen LogP contribution in [0.1, 0.15) is 68.7 Å². The van der Waals surface area contributed by atoms with Crippen molar-refractivity contribution in [1.29, 1.82) is 0 Å². The van der Waals surface area contributed by atoms with Crippen LogP contribution in [0.5, 0.6) is 0 Å². The third-order valence-electron chi connectivity index (χ3n) is 10.4. The molecule has 4 nitrogen and oxygen atoms in total. The van der Waals surface area contributed by atoms with Crippen LogP contribution < -0.4 is 0 Å². The van der Waals surface area contributed by atoms with E-state index >= 15 is 0 Å². The number of aldehydes is 1. The van der Waals surface area contributed by atoms with Gasteiger partial charge in [0.15, 0.2) is 25.0 Å². The highest BCUT2D eigenvalue weighted by Gasteiger charge is 2.58. The molecule has 1 fully saturated rings. The molecular weight excluding hydrogens is 565 g/mol. The minimum absolute atomic E-state index is 0.0274. The molecule has 0 heterocycles. The van der Waals surface area contributed by atoms with E-state index in [4.69, 9.17) is 13.3 Å². The van der Waals surface area contributed by atoms with E-state index in [1.165, 1.54) is 6.29 Å². The van der Waals surface area contributed by atoms with Gasteiger partial charge in [-0.2, -0.15) is 0 Å². The minimum Gasteiger partial charge on any atom is -0.417 e. The molecule has 1 saturated carbocycles. The molecule has 8 heteroatoms. The number of hydrogen-bond acceptors (Lipinski definition) is 5. The van der Waals surface area contributed by atoms with Crippen LogP contribution in [-0.2, 0) is 18.1 Å². The molecule has 1 aliphatic rings. The van der Waals surface area contributed by atoms with Crippen molar-refractivity contribution >= 4 is 43.0 Å². The van der Waals surface area contributed by atoms with E-state index in [0.29, 0.717) is 13.2 Å². The molecule has 1 aromatic rings. The first kappa shape index (κ1) is 36.0. The van der Waals surface area contributed by atoms with Crippen molar-refractivity contribution in [1.82, 2.24) is 0 Å². The van der Waals surface area contributed by atoms with Gasteiger partial charge in [0, 0.05) is 24.0 Å². The van der Waals surface area contributed by atoms with E-state index in [0.717, 1.165) is 11.3 Å². The SMILES string of the molecule is CC(C)(C)[Si](C)(C)OC[C@H]1C[C@](C=O)(Sc2ccccc2)[C@@H](O[Si](C)(C)C(C)(C)C)[C@@H]1CO[Si](C)(C)C(C)(C)C. The largest absolute Gasteiger partial charge is 0.417 e. The number of benzene rings is 1. The Bertz CT molecular complexity index is 977. The first-order valence-corrected chi connectivity index (χ1v) is 24.6. The molecule has 1 aliphatic carbocycles. The zero-order chi connectivity index (χ0) is 31.0. The average Bonchev–Trinajstić information content (AvgIpc) is 3.07. The number of carbonyl (C=O) groups is 1. The lowest BCUT2D eigenvalue weighted by Crippen LogP contribution is -2.53. The third kappa shape index (κ3) is 8.23. The van der Waals surface area contributed by atoms with Crippen LogP contribution in [0, 0.1) is 11.8 Å². The van der Waals surface area contributed by atoms with Crippen LogP contribution in [0.2, 0.25) is 54.4 Å². The highest BCUT2D eigenvalue weighted by molar-refractivity contribution is 8.01. The van der Waals surface area contributed by atoms with Crippen LogP contribution in [0.3, 0.4) is 0 Å². The summed E-state index contributed by atoms with van der Waals surface area (Å²) < 4.78 is 20.4. The summed E-state index contributed by atoms with van der Waals surface area (Å²) in [6.07, 6.45) is 1.69. The Morgan fingerprint density at radius 2 is 1.23 bits per heavy atom. The van der Waals surface area contributed by atoms with E-state index in [1.807, 2.05) is 6.07 Å². The van der Waals surface area contributed by atoms with Gasteiger partial charge in [-0.3, -0.25) is 0 Å². The van der Waals surface area contributed by atoms with Gasteiger partial charge < -0.3 is 18.1 Å². The summed E-state index contributed by atoms with van der Waals surface area (Å²) in [5.74, 6) is 0.254. The monoisotopic (exact) mass is 624 g/mol. The molecule has 0 saturated heterocycles. The minimum atomic E-state index is -2.21. The topological polar surface area (TPSA) is 44.8 Å². The Labute approximate surface area is 254 Å². The van der Waals surface area contributed by atoms with E-state index < -0.39 is 29.7 Å². The van der Waals surface area contributed by atoms with Crippen molar-refractivity contribution in [2.45, 2.75) is 139 Å². The number of hydrogen-bond donors (Lipinski definition) is 0. The molecule has 0 bridgehead atoms. The van der Waals surface area contributed by atoms with Gasteiger partial charge in [0.2, 0.25) is 0 Å². The van der Waals surface area contributed by atoms with E-state index in [-0.39, 0.29) is 33.1 Å². The fourth-order valence-corrected chi connectivity index (χ4v) is 9.36.